The summed E-state index contributed by atoms with van der Waals surface area (Å²) in [5.74, 6) is 0.440. The number of hydrogen-bond acceptors (Lipinski definition) is 3. The van der Waals surface area contributed by atoms with Gasteiger partial charge < -0.3 is 9.64 Å². The van der Waals surface area contributed by atoms with E-state index in [1.807, 2.05) is 25.7 Å². The Bertz CT molecular complexity index is 720. The number of hydrogen-bond donors (Lipinski definition) is 0. The molecule has 4 nitrogen and oxygen atoms in total. The van der Waals surface area contributed by atoms with Crippen LogP contribution in [0.1, 0.15) is 64.5 Å². The zero-order chi connectivity index (χ0) is 20.3. The molecule has 1 aromatic rings. The second kappa shape index (κ2) is 8.69. The van der Waals surface area contributed by atoms with E-state index in [1.165, 1.54) is 31.4 Å². The highest BCUT2D eigenvalue weighted by Crippen LogP contribution is 2.30. The van der Waals surface area contributed by atoms with Crippen molar-refractivity contribution in [3.05, 3.63) is 41.5 Å². The number of carbonyl (C=O) groups excluding carboxylic acids is 1. The minimum absolute atomic E-state index is 0.247. The maximum absolute atomic E-state index is 12.8. The molecule has 4 heteroatoms. The lowest BCUT2D eigenvalue weighted by Gasteiger charge is -2.34. The SMILES string of the molecule is C[C@H]1CC=C(c2cccc(CC3CCCCN3C)c2)N(C(=O)OC(C)(C)C)C1. The Morgan fingerprint density at radius 3 is 2.75 bits per heavy atom. The van der Waals surface area contributed by atoms with Gasteiger partial charge in [0.25, 0.3) is 0 Å². The zero-order valence-corrected chi connectivity index (χ0v) is 18.2. The maximum atomic E-state index is 12.8. The topological polar surface area (TPSA) is 32.8 Å². The van der Waals surface area contributed by atoms with Crippen LogP contribution in [0.25, 0.3) is 5.70 Å². The lowest BCUT2D eigenvalue weighted by Crippen LogP contribution is -2.39. The van der Waals surface area contributed by atoms with Gasteiger partial charge in [-0.15, -0.1) is 0 Å². The molecule has 2 aliphatic heterocycles. The fourth-order valence-electron chi connectivity index (χ4n) is 4.20. The Morgan fingerprint density at radius 2 is 2.04 bits per heavy atom. The number of rotatable bonds is 3. The Balaban J connectivity index is 1.81. The fraction of sp³-hybridized carbons (Fsp3) is 0.625. The van der Waals surface area contributed by atoms with Crippen LogP contribution in [0.3, 0.4) is 0 Å². The number of likely N-dealkylation sites (tertiary alicyclic amines) is 1. The quantitative estimate of drug-likeness (QED) is 0.706. The molecule has 1 fully saturated rings. The van der Waals surface area contributed by atoms with Crippen LogP contribution in [0.2, 0.25) is 0 Å². The number of amides is 1. The average Bonchev–Trinajstić information content (AvgIpc) is 2.62. The first-order valence-corrected chi connectivity index (χ1v) is 10.7. The average molecular weight is 385 g/mol. The number of piperidine rings is 1. The normalized spacial score (nSPS) is 24.0. The predicted octanol–water partition coefficient (Wildman–Crippen LogP) is 5.33. The van der Waals surface area contributed by atoms with Crippen LogP contribution in [-0.2, 0) is 11.2 Å². The number of likely N-dealkylation sites (N-methyl/N-ethyl adjacent to an activating group) is 1. The molecule has 2 aliphatic rings. The molecular weight excluding hydrogens is 348 g/mol. The van der Waals surface area contributed by atoms with Crippen LogP contribution >= 0.6 is 0 Å². The fourth-order valence-corrected chi connectivity index (χ4v) is 4.20. The van der Waals surface area contributed by atoms with Crippen LogP contribution in [-0.4, -0.2) is 47.7 Å². The number of carbonyl (C=O) groups is 1. The van der Waals surface area contributed by atoms with Gasteiger partial charge in [-0.25, -0.2) is 4.79 Å². The van der Waals surface area contributed by atoms with Gasteiger partial charge in [0.1, 0.15) is 5.60 Å². The number of ether oxygens (including phenoxy) is 1. The Kier molecular flexibility index (Phi) is 6.49. The molecule has 3 rings (SSSR count). The molecule has 0 saturated carbocycles. The first-order valence-electron chi connectivity index (χ1n) is 10.7. The van der Waals surface area contributed by atoms with Crippen LogP contribution < -0.4 is 0 Å². The molecule has 0 N–H and O–H groups in total. The monoisotopic (exact) mass is 384 g/mol. The second-order valence-corrected chi connectivity index (χ2v) is 9.56. The molecular formula is C24H36N2O2. The van der Waals surface area contributed by atoms with Crippen LogP contribution in [0, 0.1) is 5.92 Å². The molecule has 0 radical (unpaired) electrons. The summed E-state index contributed by atoms with van der Waals surface area (Å²) in [6.45, 7) is 9.84. The van der Waals surface area contributed by atoms with Crippen molar-refractivity contribution in [1.82, 2.24) is 9.80 Å². The van der Waals surface area contributed by atoms with Gasteiger partial charge in [0.05, 0.1) is 5.70 Å². The molecule has 154 valence electrons. The summed E-state index contributed by atoms with van der Waals surface area (Å²) in [5.41, 5.74) is 2.97. The molecule has 28 heavy (non-hydrogen) atoms. The molecule has 0 aromatic heterocycles. The van der Waals surface area contributed by atoms with Gasteiger partial charge in [-0.3, -0.25) is 4.90 Å². The molecule has 2 atom stereocenters. The Morgan fingerprint density at radius 1 is 1.25 bits per heavy atom. The minimum Gasteiger partial charge on any atom is -0.443 e. The molecule has 1 aromatic carbocycles. The third-order valence-electron chi connectivity index (χ3n) is 5.73. The van der Waals surface area contributed by atoms with Crippen LogP contribution in [0.4, 0.5) is 4.79 Å². The standard InChI is InChI=1S/C24H36N2O2/c1-18-12-13-22(26(17-18)23(27)28-24(2,3)4)20-10-8-9-19(15-20)16-21-11-6-7-14-25(21)5/h8-10,13,15,18,21H,6-7,11-12,14,16-17H2,1-5H3/t18-,21?/m0/s1. The molecule has 1 saturated heterocycles. The molecule has 0 aliphatic carbocycles. The van der Waals surface area contributed by atoms with Gasteiger partial charge >= 0.3 is 6.09 Å². The summed E-state index contributed by atoms with van der Waals surface area (Å²) >= 11 is 0. The third-order valence-corrected chi connectivity index (χ3v) is 5.73. The molecule has 0 bridgehead atoms. The largest absolute Gasteiger partial charge is 0.443 e. The van der Waals surface area contributed by atoms with E-state index >= 15 is 0 Å². The van der Waals surface area contributed by atoms with Crippen molar-refractivity contribution in [3.8, 4) is 0 Å². The summed E-state index contributed by atoms with van der Waals surface area (Å²) in [5, 5.41) is 0. The zero-order valence-electron chi connectivity index (χ0n) is 18.2. The lowest BCUT2D eigenvalue weighted by molar-refractivity contribution is 0.0327. The summed E-state index contributed by atoms with van der Waals surface area (Å²) < 4.78 is 5.68. The molecule has 1 amide bonds. The first-order chi connectivity index (χ1) is 13.2. The van der Waals surface area contributed by atoms with E-state index in [9.17, 15) is 4.79 Å². The van der Waals surface area contributed by atoms with Gasteiger partial charge in [0, 0.05) is 12.6 Å². The van der Waals surface area contributed by atoms with Crippen molar-refractivity contribution in [1.29, 1.82) is 0 Å². The van der Waals surface area contributed by atoms with E-state index in [0.29, 0.717) is 18.5 Å². The predicted molar refractivity (Wildman–Crippen MR) is 115 cm³/mol. The summed E-state index contributed by atoms with van der Waals surface area (Å²) in [6.07, 6.45) is 7.91. The summed E-state index contributed by atoms with van der Waals surface area (Å²) in [7, 11) is 2.24. The van der Waals surface area contributed by atoms with Crippen molar-refractivity contribution in [2.75, 3.05) is 20.1 Å². The van der Waals surface area contributed by atoms with E-state index < -0.39 is 5.60 Å². The van der Waals surface area contributed by atoms with Crippen LogP contribution in [0.5, 0.6) is 0 Å². The highest BCUT2D eigenvalue weighted by Gasteiger charge is 2.29. The Hall–Kier alpha value is -1.81. The van der Waals surface area contributed by atoms with E-state index in [-0.39, 0.29) is 6.09 Å². The first kappa shape index (κ1) is 20.9. The molecule has 0 spiro atoms. The summed E-state index contributed by atoms with van der Waals surface area (Å²) in [4.78, 5) is 17.2. The maximum Gasteiger partial charge on any atom is 0.414 e. The van der Waals surface area contributed by atoms with E-state index in [2.05, 4.69) is 49.2 Å². The molecule has 1 unspecified atom stereocenters. The highest BCUT2D eigenvalue weighted by atomic mass is 16.6. The van der Waals surface area contributed by atoms with Gasteiger partial charge in [0.15, 0.2) is 0 Å². The van der Waals surface area contributed by atoms with Gasteiger partial charge in [-0.2, -0.15) is 0 Å². The smallest absolute Gasteiger partial charge is 0.414 e. The van der Waals surface area contributed by atoms with Crippen molar-refractivity contribution < 1.29 is 9.53 Å². The minimum atomic E-state index is -0.490. The van der Waals surface area contributed by atoms with Crippen molar-refractivity contribution in [2.24, 2.45) is 5.92 Å². The van der Waals surface area contributed by atoms with Crippen molar-refractivity contribution in [3.63, 3.8) is 0 Å². The number of benzene rings is 1. The van der Waals surface area contributed by atoms with E-state index in [1.54, 1.807) is 0 Å². The van der Waals surface area contributed by atoms with E-state index in [4.69, 9.17) is 4.74 Å². The van der Waals surface area contributed by atoms with Crippen molar-refractivity contribution >= 4 is 11.8 Å². The van der Waals surface area contributed by atoms with Gasteiger partial charge in [-0.05, 0) is 83.2 Å². The van der Waals surface area contributed by atoms with Gasteiger partial charge in [-0.1, -0.05) is 37.6 Å². The van der Waals surface area contributed by atoms with Crippen molar-refractivity contribution in [2.45, 2.75) is 71.4 Å². The molecule has 2 heterocycles. The summed E-state index contributed by atoms with van der Waals surface area (Å²) in [6, 6.07) is 9.34. The number of allylic oxidation sites excluding steroid dienone is 1. The highest BCUT2D eigenvalue weighted by molar-refractivity contribution is 5.83. The van der Waals surface area contributed by atoms with E-state index in [0.717, 1.165) is 24.1 Å². The second-order valence-electron chi connectivity index (χ2n) is 9.56. The third kappa shape index (κ3) is 5.38. The lowest BCUT2D eigenvalue weighted by atomic mass is 9.93. The number of nitrogens with zero attached hydrogens (tertiary/aromatic N) is 2. The van der Waals surface area contributed by atoms with Gasteiger partial charge in [0.2, 0.25) is 0 Å². The van der Waals surface area contributed by atoms with Crippen LogP contribution in [0.15, 0.2) is 30.3 Å². The Labute approximate surface area is 170 Å².